The van der Waals surface area contributed by atoms with Crippen molar-refractivity contribution in [1.82, 2.24) is 14.4 Å². The highest BCUT2D eigenvalue weighted by molar-refractivity contribution is 5.93. The number of carbonyl (C=O) groups is 3. The van der Waals surface area contributed by atoms with Crippen molar-refractivity contribution in [2.24, 2.45) is 5.92 Å². The van der Waals surface area contributed by atoms with Gasteiger partial charge < -0.3 is 23.8 Å². The summed E-state index contributed by atoms with van der Waals surface area (Å²) in [6.45, 7) is 3.77. The van der Waals surface area contributed by atoms with Crippen molar-refractivity contribution in [3.63, 3.8) is 0 Å². The number of carbonyl (C=O) groups excluding carboxylic acids is 3. The van der Waals surface area contributed by atoms with E-state index >= 15 is 0 Å². The number of aryl methyl sites for hydroxylation is 1. The monoisotopic (exact) mass is 481 g/mol. The van der Waals surface area contributed by atoms with Gasteiger partial charge in [0.15, 0.2) is 0 Å². The fourth-order valence-corrected chi connectivity index (χ4v) is 4.79. The van der Waals surface area contributed by atoms with Crippen LogP contribution in [-0.2, 0) is 33.7 Å². The van der Waals surface area contributed by atoms with E-state index in [1.54, 1.807) is 16.8 Å². The second-order valence-electron chi connectivity index (χ2n) is 9.20. The van der Waals surface area contributed by atoms with Crippen molar-refractivity contribution in [2.75, 3.05) is 40.4 Å². The lowest BCUT2D eigenvalue weighted by molar-refractivity contribution is -0.130. The normalized spacial score (nSPS) is 17.7. The van der Waals surface area contributed by atoms with Gasteiger partial charge in [0.05, 0.1) is 20.1 Å². The van der Waals surface area contributed by atoms with Gasteiger partial charge in [-0.1, -0.05) is 24.3 Å². The molecule has 0 spiro atoms. The molecule has 0 saturated carbocycles. The predicted octanol–water partition coefficient (Wildman–Crippen LogP) is 1.43. The molecule has 4 rings (SSSR count). The molecule has 35 heavy (non-hydrogen) atoms. The number of amides is 2. The van der Waals surface area contributed by atoms with E-state index in [2.05, 4.69) is 0 Å². The van der Waals surface area contributed by atoms with Crippen molar-refractivity contribution in [3.8, 4) is 5.75 Å². The Morgan fingerprint density at radius 1 is 1.11 bits per heavy atom. The van der Waals surface area contributed by atoms with Crippen LogP contribution in [0.5, 0.6) is 5.75 Å². The zero-order valence-corrected chi connectivity index (χ0v) is 20.4. The number of pyridine rings is 1. The molecule has 186 valence electrons. The largest absolute Gasteiger partial charge is 0.492 e. The standard InChI is InChI=1S/C26H31N3O6/c1-17-6-4-5-7-19(17)13-23(31)28-9-8-20-25(26(33)34-3)21(14-24(32)29(20)11-10-28)35-16-18-12-22(30)27(2)15-18/h4-7,14,18H,8-13,15-16H2,1-3H3/t18-/m0/s1. The molecule has 1 aromatic carbocycles. The van der Waals surface area contributed by atoms with E-state index in [-0.39, 0.29) is 54.2 Å². The number of benzene rings is 1. The van der Waals surface area contributed by atoms with Gasteiger partial charge in [0.25, 0.3) is 5.56 Å². The van der Waals surface area contributed by atoms with Crippen LogP contribution in [0.2, 0.25) is 0 Å². The average Bonchev–Trinajstić information content (AvgIpc) is 3.02. The third kappa shape index (κ3) is 5.23. The first-order chi connectivity index (χ1) is 16.8. The number of fused-ring (bicyclic) bond motifs is 1. The SMILES string of the molecule is COC(=O)c1c(OC[C@H]2CC(=O)N(C)C2)cc(=O)n2c1CCN(C(=O)Cc1ccccc1C)CC2. The molecule has 2 aromatic rings. The van der Waals surface area contributed by atoms with Crippen LogP contribution in [-0.4, -0.2) is 72.5 Å². The van der Waals surface area contributed by atoms with Gasteiger partial charge in [0, 0.05) is 63.7 Å². The summed E-state index contributed by atoms with van der Waals surface area (Å²) in [7, 11) is 3.02. The van der Waals surface area contributed by atoms with E-state index in [1.165, 1.54) is 17.7 Å². The van der Waals surface area contributed by atoms with Gasteiger partial charge in [-0.05, 0) is 18.1 Å². The van der Waals surface area contributed by atoms with Gasteiger partial charge in [-0.3, -0.25) is 14.4 Å². The summed E-state index contributed by atoms with van der Waals surface area (Å²) in [5, 5.41) is 0. The van der Waals surface area contributed by atoms with E-state index in [0.29, 0.717) is 38.2 Å². The highest BCUT2D eigenvalue weighted by atomic mass is 16.5. The predicted molar refractivity (Wildman–Crippen MR) is 128 cm³/mol. The number of hydrogen-bond acceptors (Lipinski definition) is 6. The van der Waals surface area contributed by atoms with E-state index in [1.807, 2.05) is 31.2 Å². The van der Waals surface area contributed by atoms with Crippen LogP contribution >= 0.6 is 0 Å². The Morgan fingerprint density at radius 2 is 1.89 bits per heavy atom. The lowest BCUT2D eigenvalue weighted by Crippen LogP contribution is -2.35. The van der Waals surface area contributed by atoms with Crippen LogP contribution in [0.25, 0.3) is 0 Å². The molecule has 3 heterocycles. The number of esters is 1. The second kappa shape index (κ2) is 10.3. The molecule has 0 aliphatic carbocycles. The third-order valence-corrected chi connectivity index (χ3v) is 6.83. The minimum Gasteiger partial charge on any atom is -0.492 e. The van der Waals surface area contributed by atoms with Crippen molar-refractivity contribution >= 4 is 17.8 Å². The van der Waals surface area contributed by atoms with Gasteiger partial charge in [0.2, 0.25) is 11.8 Å². The molecule has 0 N–H and O–H groups in total. The van der Waals surface area contributed by atoms with Crippen LogP contribution in [0.3, 0.4) is 0 Å². The van der Waals surface area contributed by atoms with Crippen molar-refractivity contribution < 1.29 is 23.9 Å². The molecule has 0 radical (unpaired) electrons. The molecule has 0 unspecified atom stereocenters. The first-order valence-corrected chi connectivity index (χ1v) is 11.8. The van der Waals surface area contributed by atoms with Gasteiger partial charge in [-0.2, -0.15) is 0 Å². The highest BCUT2D eigenvalue weighted by Gasteiger charge is 2.30. The molecule has 1 saturated heterocycles. The van der Waals surface area contributed by atoms with Crippen molar-refractivity contribution in [2.45, 2.75) is 32.7 Å². The summed E-state index contributed by atoms with van der Waals surface area (Å²) in [6, 6.07) is 9.08. The molecule has 2 aliphatic heterocycles. The van der Waals surface area contributed by atoms with Crippen molar-refractivity contribution in [1.29, 1.82) is 0 Å². The minimum atomic E-state index is -0.594. The number of ether oxygens (including phenoxy) is 2. The summed E-state index contributed by atoms with van der Waals surface area (Å²) >= 11 is 0. The summed E-state index contributed by atoms with van der Waals surface area (Å²) in [4.78, 5) is 54.0. The van der Waals surface area contributed by atoms with E-state index in [9.17, 15) is 19.2 Å². The first kappa shape index (κ1) is 24.5. The zero-order chi connectivity index (χ0) is 25.1. The van der Waals surface area contributed by atoms with E-state index < -0.39 is 5.97 Å². The maximum atomic E-state index is 13.0. The molecule has 2 amide bonds. The summed E-state index contributed by atoms with van der Waals surface area (Å²) in [6.07, 6.45) is 0.970. The van der Waals surface area contributed by atoms with Gasteiger partial charge in [-0.15, -0.1) is 0 Å². The summed E-state index contributed by atoms with van der Waals surface area (Å²) in [5.74, 6) is -0.428. The number of aromatic nitrogens is 1. The van der Waals surface area contributed by atoms with Gasteiger partial charge in [0.1, 0.15) is 11.3 Å². The van der Waals surface area contributed by atoms with Gasteiger partial charge >= 0.3 is 5.97 Å². The number of methoxy groups -OCH3 is 1. The third-order valence-electron chi connectivity index (χ3n) is 6.83. The summed E-state index contributed by atoms with van der Waals surface area (Å²) < 4.78 is 12.5. The van der Waals surface area contributed by atoms with Crippen LogP contribution in [0, 0.1) is 12.8 Å². The molecule has 1 atom stereocenters. The average molecular weight is 482 g/mol. The Kier molecular flexibility index (Phi) is 7.23. The molecule has 1 fully saturated rings. The number of likely N-dealkylation sites (tertiary alicyclic amines) is 1. The lowest BCUT2D eigenvalue weighted by Gasteiger charge is -2.20. The molecule has 9 nitrogen and oxygen atoms in total. The molecule has 9 heteroatoms. The molecule has 0 bridgehead atoms. The first-order valence-electron chi connectivity index (χ1n) is 11.8. The van der Waals surface area contributed by atoms with Crippen molar-refractivity contribution in [3.05, 3.63) is 63.1 Å². The van der Waals surface area contributed by atoms with Crippen LogP contribution in [0.4, 0.5) is 0 Å². The van der Waals surface area contributed by atoms with E-state index in [0.717, 1.165) is 11.1 Å². The maximum Gasteiger partial charge on any atom is 0.343 e. The number of hydrogen-bond donors (Lipinski definition) is 0. The second-order valence-corrected chi connectivity index (χ2v) is 9.20. The van der Waals surface area contributed by atoms with Gasteiger partial charge in [-0.25, -0.2) is 4.79 Å². The minimum absolute atomic E-state index is 0.0193. The van der Waals surface area contributed by atoms with Crippen LogP contribution < -0.4 is 10.3 Å². The molecular weight excluding hydrogens is 450 g/mol. The summed E-state index contributed by atoms with van der Waals surface area (Å²) in [5.41, 5.74) is 2.44. The zero-order valence-electron chi connectivity index (χ0n) is 20.4. The quantitative estimate of drug-likeness (QED) is 0.579. The highest BCUT2D eigenvalue weighted by Crippen LogP contribution is 2.26. The maximum absolute atomic E-state index is 13.0. The van der Waals surface area contributed by atoms with E-state index in [4.69, 9.17) is 9.47 Å². The number of nitrogens with zero attached hydrogens (tertiary/aromatic N) is 3. The fraction of sp³-hybridized carbons (Fsp3) is 0.462. The molecule has 1 aromatic heterocycles. The Hall–Kier alpha value is -3.62. The topological polar surface area (TPSA) is 98.2 Å². The lowest BCUT2D eigenvalue weighted by atomic mass is 10.1. The van der Waals surface area contributed by atoms with Crippen LogP contribution in [0.15, 0.2) is 35.1 Å². The Bertz CT molecular complexity index is 1200. The Labute approximate surface area is 204 Å². The smallest absolute Gasteiger partial charge is 0.343 e. The molecular formula is C26H31N3O6. The Morgan fingerprint density at radius 3 is 2.57 bits per heavy atom. The Balaban J connectivity index is 1.55. The number of rotatable bonds is 6. The molecule has 2 aliphatic rings. The fourth-order valence-electron chi connectivity index (χ4n) is 4.79. The van der Waals surface area contributed by atoms with Crippen LogP contribution in [0.1, 0.15) is 33.6 Å².